The topological polar surface area (TPSA) is 46.9 Å². The van der Waals surface area contributed by atoms with Crippen molar-refractivity contribution in [3.05, 3.63) is 81.3 Å². The molecule has 6 heteroatoms. The fraction of sp³-hybridized carbons (Fsp3) is 0.238. The van der Waals surface area contributed by atoms with Gasteiger partial charge in [-0.2, -0.15) is 5.10 Å². The van der Waals surface area contributed by atoms with Crippen molar-refractivity contribution in [2.24, 2.45) is 0 Å². The first-order valence-corrected chi connectivity index (χ1v) is 9.77. The summed E-state index contributed by atoms with van der Waals surface area (Å²) in [5.74, 6) is -0.435. The van der Waals surface area contributed by atoms with Crippen LogP contribution in [0.5, 0.6) is 0 Å². The van der Waals surface area contributed by atoms with Gasteiger partial charge in [-0.15, -0.1) is 0 Å². The van der Waals surface area contributed by atoms with E-state index in [-0.39, 0.29) is 18.1 Å². The predicted molar refractivity (Wildman–Crippen MR) is 105 cm³/mol. The smallest absolute Gasteiger partial charge is 0.224 e. The molecule has 0 atom stereocenters. The SMILES string of the molecule is O=C(Cc1ccc(F)c(Br)c1)NCc1nn(-c2ccccc2)c2c1CCC2. The Hall–Kier alpha value is -2.47. The van der Waals surface area contributed by atoms with Gasteiger partial charge in [0.2, 0.25) is 5.91 Å². The summed E-state index contributed by atoms with van der Waals surface area (Å²) in [6.45, 7) is 0.406. The lowest BCUT2D eigenvalue weighted by Gasteiger charge is -2.06. The van der Waals surface area contributed by atoms with Gasteiger partial charge in [-0.1, -0.05) is 24.3 Å². The predicted octanol–water partition coefficient (Wildman–Crippen LogP) is 4.12. The van der Waals surface area contributed by atoms with Crippen LogP contribution >= 0.6 is 15.9 Å². The van der Waals surface area contributed by atoms with Crippen LogP contribution in [0.1, 0.15) is 28.9 Å². The van der Waals surface area contributed by atoms with E-state index in [1.165, 1.54) is 17.3 Å². The second-order valence-corrected chi connectivity index (χ2v) is 7.53. The number of fused-ring (bicyclic) bond motifs is 1. The number of carbonyl (C=O) groups excluding carboxylic acids is 1. The molecule has 0 spiro atoms. The summed E-state index contributed by atoms with van der Waals surface area (Å²) in [5, 5.41) is 7.70. The number of rotatable bonds is 5. The van der Waals surface area contributed by atoms with E-state index in [9.17, 15) is 9.18 Å². The maximum absolute atomic E-state index is 13.3. The van der Waals surface area contributed by atoms with Gasteiger partial charge in [0.1, 0.15) is 5.82 Å². The lowest BCUT2D eigenvalue weighted by Crippen LogP contribution is -2.25. The van der Waals surface area contributed by atoms with Crippen LogP contribution in [-0.2, 0) is 30.6 Å². The number of amides is 1. The Morgan fingerprint density at radius 1 is 1.19 bits per heavy atom. The number of hydrogen-bond donors (Lipinski definition) is 1. The van der Waals surface area contributed by atoms with Crippen molar-refractivity contribution in [1.29, 1.82) is 0 Å². The number of para-hydroxylation sites is 1. The number of carbonyl (C=O) groups is 1. The third-order valence-electron chi connectivity index (χ3n) is 4.82. The fourth-order valence-electron chi connectivity index (χ4n) is 3.52. The molecule has 0 unspecified atom stereocenters. The molecule has 1 heterocycles. The minimum absolute atomic E-state index is 0.102. The van der Waals surface area contributed by atoms with Crippen LogP contribution < -0.4 is 5.32 Å². The first-order chi connectivity index (χ1) is 13.1. The minimum Gasteiger partial charge on any atom is -0.350 e. The molecule has 0 fully saturated rings. The molecule has 138 valence electrons. The number of aromatic nitrogens is 2. The minimum atomic E-state index is -0.332. The Bertz CT molecular complexity index is 985. The van der Waals surface area contributed by atoms with Crippen LogP contribution in [0.3, 0.4) is 0 Å². The van der Waals surface area contributed by atoms with Gasteiger partial charge in [0.05, 0.1) is 28.8 Å². The Morgan fingerprint density at radius 2 is 2.00 bits per heavy atom. The monoisotopic (exact) mass is 427 g/mol. The molecule has 2 aromatic carbocycles. The van der Waals surface area contributed by atoms with Gasteiger partial charge in [0, 0.05) is 5.69 Å². The van der Waals surface area contributed by atoms with E-state index in [1.54, 1.807) is 12.1 Å². The zero-order chi connectivity index (χ0) is 18.8. The standard InChI is InChI=1S/C21H19BrFN3O/c22-17-11-14(9-10-18(17)23)12-21(27)24-13-19-16-7-4-8-20(16)26(25-19)15-5-2-1-3-6-15/h1-3,5-6,9-11H,4,7-8,12-13H2,(H,24,27). The van der Waals surface area contributed by atoms with Crippen molar-refractivity contribution < 1.29 is 9.18 Å². The maximum Gasteiger partial charge on any atom is 0.224 e. The lowest BCUT2D eigenvalue weighted by molar-refractivity contribution is -0.120. The van der Waals surface area contributed by atoms with Gasteiger partial charge in [-0.3, -0.25) is 4.79 Å². The van der Waals surface area contributed by atoms with Crippen LogP contribution in [-0.4, -0.2) is 15.7 Å². The van der Waals surface area contributed by atoms with Gasteiger partial charge >= 0.3 is 0 Å². The summed E-state index contributed by atoms with van der Waals surface area (Å²) >= 11 is 3.15. The van der Waals surface area contributed by atoms with Crippen LogP contribution in [0.15, 0.2) is 53.0 Å². The van der Waals surface area contributed by atoms with E-state index < -0.39 is 0 Å². The van der Waals surface area contributed by atoms with E-state index in [0.717, 1.165) is 36.2 Å². The van der Waals surface area contributed by atoms with Crippen LogP contribution in [0.25, 0.3) is 5.69 Å². The summed E-state index contributed by atoms with van der Waals surface area (Å²) < 4.78 is 15.7. The molecule has 0 aliphatic heterocycles. The summed E-state index contributed by atoms with van der Waals surface area (Å²) in [6.07, 6.45) is 3.33. The molecule has 3 aromatic rings. The summed E-state index contributed by atoms with van der Waals surface area (Å²) in [5.41, 5.74) is 5.24. The number of hydrogen-bond acceptors (Lipinski definition) is 2. The lowest BCUT2D eigenvalue weighted by atomic mass is 10.1. The first-order valence-electron chi connectivity index (χ1n) is 8.97. The fourth-order valence-corrected chi connectivity index (χ4v) is 3.94. The summed E-state index contributed by atoms with van der Waals surface area (Å²) in [6, 6.07) is 14.7. The zero-order valence-corrected chi connectivity index (χ0v) is 16.3. The van der Waals surface area contributed by atoms with Gasteiger partial charge in [-0.25, -0.2) is 9.07 Å². The molecule has 1 amide bonds. The average Bonchev–Trinajstić information content (AvgIpc) is 3.27. The quantitative estimate of drug-likeness (QED) is 0.665. The van der Waals surface area contributed by atoms with Crippen molar-refractivity contribution in [3.63, 3.8) is 0 Å². The highest BCUT2D eigenvalue weighted by Crippen LogP contribution is 2.27. The van der Waals surface area contributed by atoms with Crippen LogP contribution in [0.4, 0.5) is 4.39 Å². The molecule has 1 aliphatic carbocycles. The third kappa shape index (κ3) is 3.81. The first kappa shape index (κ1) is 17.9. The maximum atomic E-state index is 13.3. The molecule has 0 saturated carbocycles. The molecule has 27 heavy (non-hydrogen) atoms. The Labute approximate surface area is 165 Å². The Morgan fingerprint density at radius 3 is 2.78 bits per heavy atom. The molecule has 4 rings (SSSR count). The highest BCUT2D eigenvalue weighted by atomic mass is 79.9. The van der Waals surface area contributed by atoms with Crippen molar-refractivity contribution in [2.45, 2.75) is 32.2 Å². The highest BCUT2D eigenvalue weighted by Gasteiger charge is 2.23. The van der Waals surface area contributed by atoms with Gasteiger partial charge in [-0.05, 0) is 70.6 Å². The molecular formula is C21H19BrFN3O. The number of halogens is 2. The molecule has 1 aromatic heterocycles. The van der Waals surface area contributed by atoms with Crippen molar-refractivity contribution in [3.8, 4) is 5.69 Å². The Balaban J connectivity index is 1.47. The second-order valence-electron chi connectivity index (χ2n) is 6.67. The van der Waals surface area contributed by atoms with Crippen LogP contribution in [0, 0.1) is 5.82 Å². The van der Waals surface area contributed by atoms with Crippen LogP contribution in [0.2, 0.25) is 0 Å². The van der Waals surface area contributed by atoms with E-state index in [4.69, 9.17) is 5.10 Å². The average molecular weight is 428 g/mol. The van der Waals surface area contributed by atoms with Gasteiger partial charge in [0.25, 0.3) is 0 Å². The zero-order valence-electron chi connectivity index (χ0n) is 14.7. The van der Waals surface area contributed by atoms with E-state index >= 15 is 0 Å². The molecule has 0 saturated heterocycles. The highest BCUT2D eigenvalue weighted by molar-refractivity contribution is 9.10. The van der Waals surface area contributed by atoms with Gasteiger partial charge in [0.15, 0.2) is 0 Å². The third-order valence-corrected chi connectivity index (χ3v) is 5.42. The number of nitrogens with zero attached hydrogens (tertiary/aromatic N) is 2. The molecule has 1 aliphatic rings. The second kappa shape index (κ2) is 7.64. The molecular weight excluding hydrogens is 409 g/mol. The van der Waals surface area contributed by atoms with Crippen molar-refractivity contribution in [1.82, 2.24) is 15.1 Å². The van der Waals surface area contributed by atoms with Crippen molar-refractivity contribution >= 4 is 21.8 Å². The Kier molecular flexibility index (Phi) is 5.07. The van der Waals surface area contributed by atoms with E-state index in [1.807, 2.05) is 35.0 Å². The molecule has 1 N–H and O–H groups in total. The number of benzene rings is 2. The molecule has 4 nitrogen and oxygen atoms in total. The molecule has 0 radical (unpaired) electrons. The summed E-state index contributed by atoms with van der Waals surface area (Å²) in [4.78, 5) is 12.3. The largest absolute Gasteiger partial charge is 0.350 e. The normalized spacial score (nSPS) is 12.8. The summed E-state index contributed by atoms with van der Waals surface area (Å²) in [7, 11) is 0. The number of nitrogens with one attached hydrogen (secondary N) is 1. The molecule has 0 bridgehead atoms. The van der Waals surface area contributed by atoms with Gasteiger partial charge < -0.3 is 5.32 Å². The van der Waals surface area contributed by atoms with E-state index in [0.29, 0.717) is 11.0 Å². The van der Waals surface area contributed by atoms with Crippen molar-refractivity contribution in [2.75, 3.05) is 0 Å². The van der Waals surface area contributed by atoms with E-state index in [2.05, 4.69) is 21.2 Å².